The third kappa shape index (κ3) is 7.34. The maximum atomic E-state index is 13.6. The Kier molecular flexibility index (Phi) is 10.9. The third-order valence-electron chi connectivity index (χ3n) is 8.88. The van der Waals surface area contributed by atoms with Crippen molar-refractivity contribution in [2.75, 3.05) is 46.4 Å². The van der Waals surface area contributed by atoms with E-state index in [4.69, 9.17) is 22.1 Å². The smallest absolute Gasteiger partial charge is 0.406 e. The van der Waals surface area contributed by atoms with Crippen molar-refractivity contribution < 1.29 is 19.4 Å². The van der Waals surface area contributed by atoms with Gasteiger partial charge in [0.25, 0.3) is 0 Å². The minimum atomic E-state index is -1.27. The van der Waals surface area contributed by atoms with Crippen molar-refractivity contribution in [1.82, 2.24) is 15.1 Å². The number of carbonyl (C=O) groups excluding carboxylic acids is 2. The van der Waals surface area contributed by atoms with Crippen molar-refractivity contribution in [3.8, 4) is 11.1 Å². The first kappa shape index (κ1) is 31.1. The number of alkyl carbamates (subject to hydrolysis) is 1. The summed E-state index contributed by atoms with van der Waals surface area (Å²) in [5.74, 6) is 0.274. The molecule has 2 aliphatic rings. The van der Waals surface area contributed by atoms with E-state index in [0.29, 0.717) is 50.0 Å². The number of carbonyl (C=O) groups is 2. The van der Waals surface area contributed by atoms with Crippen LogP contribution in [0.4, 0.5) is 9.59 Å². The molecule has 4 N–H and O–H groups in total. The van der Waals surface area contributed by atoms with Crippen LogP contribution < -0.4 is 11.1 Å². The number of piperidine rings is 2. The van der Waals surface area contributed by atoms with Crippen molar-refractivity contribution >= 4 is 23.7 Å². The summed E-state index contributed by atoms with van der Waals surface area (Å²) in [6.07, 6.45) is 4.76. The van der Waals surface area contributed by atoms with Crippen LogP contribution in [0.5, 0.6) is 0 Å². The SMILES string of the molecule is CCc1cccc(-c2c(Cl)cccc2[C@](O)(CCCNC(=O)OC)[C@@H]2CCCN(C(=O)N3CCC(CN)CC3)C2)c1. The molecule has 0 aliphatic carbocycles. The monoisotopic (exact) mass is 584 g/mol. The van der Waals surface area contributed by atoms with Crippen LogP contribution in [0.2, 0.25) is 5.02 Å². The second-order valence-corrected chi connectivity index (χ2v) is 11.8. The molecule has 2 saturated heterocycles. The summed E-state index contributed by atoms with van der Waals surface area (Å²) in [5, 5.41) is 16.0. The average molecular weight is 585 g/mol. The minimum Gasteiger partial charge on any atom is -0.453 e. The number of nitrogens with one attached hydrogen (secondary N) is 1. The number of amides is 3. The van der Waals surface area contributed by atoms with Gasteiger partial charge in [0.15, 0.2) is 0 Å². The van der Waals surface area contributed by atoms with Crippen molar-refractivity contribution in [2.24, 2.45) is 17.6 Å². The fourth-order valence-corrected chi connectivity index (χ4v) is 6.69. The molecule has 0 unspecified atom stereocenters. The standard InChI is InChI=1S/C32H45ClN4O4/c1-3-23-8-4-9-25(20-23)29-27(11-5-12-28(29)33)32(40,15-7-16-35-30(38)41-2)26-10-6-17-37(22-26)31(39)36-18-13-24(21-34)14-19-36/h4-5,8-9,11-12,20,24,26,40H,3,6-7,10,13-19,21-22,34H2,1-2H3,(H,35,38)/t26-,32+/m1/s1. The zero-order chi connectivity index (χ0) is 29.4. The van der Waals surface area contributed by atoms with Crippen LogP contribution in [-0.4, -0.2) is 73.4 Å². The summed E-state index contributed by atoms with van der Waals surface area (Å²) in [7, 11) is 1.33. The van der Waals surface area contributed by atoms with Crippen molar-refractivity contribution in [3.05, 3.63) is 58.6 Å². The molecule has 41 heavy (non-hydrogen) atoms. The number of likely N-dealkylation sites (tertiary alicyclic amines) is 2. The Bertz CT molecular complexity index is 1190. The molecule has 4 rings (SSSR count). The van der Waals surface area contributed by atoms with Gasteiger partial charge in [-0.15, -0.1) is 0 Å². The van der Waals surface area contributed by atoms with Gasteiger partial charge < -0.3 is 30.7 Å². The first-order valence-corrected chi connectivity index (χ1v) is 15.3. The van der Waals surface area contributed by atoms with Gasteiger partial charge in [-0.1, -0.05) is 54.9 Å². The maximum Gasteiger partial charge on any atom is 0.406 e. The van der Waals surface area contributed by atoms with E-state index in [1.54, 1.807) is 0 Å². The summed E-state index contributed by atoms with van der Waals surface area (Å²) in [5.41, 5.74) is 8.32. The largest absolute Gasteiger partial charge is 0.453 e. The van der Waals surface area contributed by atoms with Crippen LogP contribution in [0.1, 0.15) is 56.6 Å². The molecule has 3 amide bonds. The van der Waals surface area contributed by atoms with Crippen LogP contribution in [0, 0.1) is 11.8 Å². The molecule has 0 saturated carbocycles. The normalized spacial score (nSPS) is 19.5. The number of aryl methyl sites for hydroxylation is 1. The van der Waals surface area contributed by atoms with E-state index < -0.39 is 11.7 Å². The summed E-state index contributed by atoms with van der Waals surface area (Å²) < 4.78 is 4.72. The van der Waals surface area contributed by atoms with Crippen molar-refractivity contribution in [1.29, 1.82) is 0 Å². The van der Waals surface area contributed by atoms with Crippen LogP contribution in [0.3, 0.4) is 0 Å². The lowest BCUT2D eigenvalue weighted by atomic mass is 9.72. The number of urea groups is 1. The van der Waals surface area contributed by atoms with E-state index >= 15 is 0 Å². The fourth-order valence-electron chi connectivity index (χ4n) is 6.40. The molecule has 2 fully saturated rings. The predicted octanol–water partition coefficient (Wildman–Crippen LogP) is 5.40. The van der Waals surface area contributed by atoms with Crippen molar-refractivity contribution in [2.45, 2.75) is 57.5 Å². The van der Waals surface area contributed by atoms with Gasteiger partial charge in [-0.3, -0.25) is 0 Å². The molecule has 8 nitrogen and oxygen atoms in total. The Balaban J connectivity index is 1.65. The number of rotatable bonds is 9. The minimum absolute atomic E-state index is 0.0434. The Morgan fingerprint density at radius 3 is 2.59 bits per heavy atom. The highest BCUT2D eigenvalue weighted by atomic mass is 35.5. The van der Waals surface area contributed by atoms with Crippen molar-refractivity contribution in [3.63, 3.8) is 0 Å². The quantitative estimate of drug-likeness (QED) is 0.342. The Morgan fingerprint density at radius 1 is 1.12 bits per heavy atom. The third-order valence-corrected chi connectivity index (χ3v) is 9.19. The van der Waals surface area contributed by atoms with E-state index in [0.717, 1.165) is 61.9 Å². The summed E-state index contributed by atoms with van der Waals surface area (Å²) in [4.78, 5) is 29.1. The van der Waals surface area contributed by atoms with Gasteiger partial charge in [0.05, 0.1) is 12.7 Å². The molecular formula is C32H45ClN4O4. The van der Waals surface area contributed by atoms with Crippen LogP contribution in [0.15, 0.2) is 42.5 Å². The molecule has 2 aliphatic heterocycles. The molecule has 2 aromatic rings. The second-order valence-electron chi connectivity index (χ2n) is 11.4. The molecule has 2 atom stereocenters. The number of nitrogens with two attached hydrogens (primary N) is 1. The van der Waals surface area contributed by atoms with E-state index in [-0.39, 0.29) is 11.9 Å². The summed E-state index contributed by atoms with van der Waals surface area (Å²) in [6, 6.07) is 14.0. The molecule has 0 bridgehead atoms. The van der Waals surface area contributed by atoms with E-state index in [2.05, 4.69) is 24.4 Å². The number of nitrogens with zero attached hydrogens (tertiary/aromatic N) is 2. The Morgan fingerprint density at radius 2 is 1.88 bits per heavy atom. The first-order chi connectivity index (χ1) is 19.8. The van der Waals surface area contributed by atoms with Gasteiger partial charge in [0.1, 0.15) is 0 Å². The Labute approximate surface area is 249 Å². The second kappa shape index (κ2) is 14.4. The molecular weight excluding hydrogens is 540 g/mol. The topological polar surface area (TPSA) is 108 Å². The fraction of sp³-hybridized carbons (Fsp3) is 0.562. The molecule has 224 valence electrons. The highest BCUT2D eigenvalue weighted by Gasteiger charge is 2.43. The van der Waals surface area contributed by atoms with Crippen LogP contribution >= 0.6 is 11.6 Å². The predicted molar refractivity (Wildman–Crippen MR) is 163 cm³/mol. The highest BCUT2D eigenvalue weighted by Crippen LogP contribution is 2.45. The lowest BCUT2D eigenvalue weighted by molar-refractivity contribution is -0.0564. The first-order valence-electron chi connectivity index (χ1n) is 15.0. The van der Waals surface area contributed by atoms with Gasteiger partial charge >= 0.3 is 12.1 Å². The number of hydrogen-bond donors (Lipinski definition) is 3. The van der Waals surface area contributed by atoms with Gasteiger partial charge in [-0.2, -0.15) is 0 Å². The molecule has 9 heteroatoms. The van der Waals surface area contributed by atoms with Gasteiger partial charge in [-0.25, -0.2) is 9.59 Å². The zero-order valence-corrected chi connectivity index (χ0v) is 25.2. The number of hydrogen-bond acceptors (Lipinski definition) is 5. The lowest BCUT2D eigenvalue weighted by Gasteiger charge is -2.45. The molecule has 2 aromatic carbocycles. The zero-order valence-electron chi connectivity index (χ0n) is 24.4. The number of halogens is 1. The van der Waals surface area contributed by atoms with Gasteiger partial charge in [-0.05, 0) is 80.2 Å². The summed E-state index contributed by atoms with van der Waals surface area (Å²) >= 11 is 6.87. The van der Waals surface area contributed by atoms with E-state index in [9.17, 15) is 14.7 Å². The Hall–Kier alpha value is -2.81. The van der Waals surface area contributed by atoms with Gasteiger partial charge in [0, 0.05) is 49.2 Å². The van der Waals surface area contributed by atoms with E-state index in [1.807, 2.05) is 40.1 Å². The van der Waals surface area contributed by atoms with Crippen LogP contribution in [-0.2, 0) is 16.8 Å². The molecule has 0 aromatic heterocycles. The number of ether oxygens (including phenoxy) is 1. The van der Waals surface area contributed by atoms with Gasteiger partial charge in [0.2, 0.25) is 0 Å². The number of methoxy groups -OCH3 is 1. The molecule has 0 radical (unpaired) electrons. The molecule has 0 spiro atoms. The number of benzene rings is 2. The highest BCUT2D eigenvalue weighted by molar-refractivity contribution is 6.33. The summed E-state index contributed by atoms with van der Waals surface area (Å²) in [6.45, 7) is 5.71. The maximum absolute atomic E-state index is 13.6. The number of aliphatic hydroxyl groups is 1. The molecule has 2 heterocycles. The van der Waals surface area contributed by atoms with Crippen LogP contribution in [0.25, 0.3) is 11.1 Å². The van der Waals surface area contributed by atoms with E-state index in [1.165, 1.54) is 12.7 Å². The lowest BCUT2D eigenvalue weighted by Crippen LogP contribution is -2.53. The average Bonchev–Trinajstić information content (AvgIpc) is 3.02.